The van der Waals surface area contributed by atoms with Crippen LogP contribution < -0.4 is 5.73 Å². The molecule has 2 heterocycles. The first kappa shape index (κ1) is 10.5. The van der Waals surface area contributed by atoms with Crippen LogP contribution in [-0.2, 0) is 0 Å². The maximum absolute atomic E-state index is 5.76. The van der Waals surface area contributed by atoms with Crippen molar-refractivity contribution >= 4 is 5.69 Å². The summed E-state index contributed by atoms with van der Waals surface area (Å²) in [5, 5.41) is 4.27. The molecule has 3 aromatic rings. The van der Waals surface area contributed by atoms with E-state index in [9.17, 15) is 0 Å². The predicted molar refractivity (Wildman–Crippen MR) is 69.0 cm³/mol. The Morgan fingerprint density at radius 2 is 2.00 bits per heavy atom. The molecule has 0 saturated carbocycles. The molecule has 0 amide bonds. The molecule has 88 valence electrons. The maximum atomic E-state index is 5.76. The van der Waals surface area contributed by atoms with Crippen LogP contribution in [0.4, 0.5) is 5.69 Å². The Morgan fingerprint density at radius 1 is 1.06 bits per heavy atom. The van der Waals surface area contributed by atoms with Gasteiger partial charge in [0.15, 0.2) is 5.82 Å². The molecular formula is C13H11N5. The zero-order valence-corrected chi connectivity index (χ0v) is 9.56. The summed E-state index contributed by atoms with van der Waals surface area (Å²) in [5.41, 5.74) is 8.53. The second-order valence-corrected chi connectivity index (χ2v) is 3.86. The minimum atomic E-state index is 0.688. The summed E-state index contributed by atoms with van der Waals surface area (Å²) in [4.78, 5) is 8.20. The second kappa shape index (κ2) is 4.29. The molecule has 0 bridgehead atoms. The summed E-state index contributed by atoms with van der Waals surface area (Å²) in [7, 11) is 0. The topological polar surface area (TPSA) is 69.6 Å². The molecule has 0 radical (unpaired) electrons. The fraction of sp³-hybridized carbons (Fsp3) is 0. The van der Waals surface area contributed by atoms with Crippen LogP contribution in [0.15, 0.2) is 55.2 Å². The van der Waals surface area contributed by atoms with Crippen LogP contribution in [0.5, 0.6) is 0 Å². The summed E-state index contributed by atoms with van der Waals surface area (Å²) in [5.74, 6) is 0.688. The van der Waals surface area contributed by atoms with Gasteiger partial charge in [0.1, 0.15) is 0 Å². The standard InChI is InChI=1S/C13H11N5/c14-12-3-1-2-10(6-12)11-7-17-18(9-11)13-8-15-4-5-16-13/h1-9H,14H2. The third kappa shape index (κ3) is 1.93. The van der Waals surface area contributed by atoms with E-state index in [1.165, 1.54) is 0 Å². The summed E-state index contributed by atoms with van der Waals surface area (Å²) in [6.07, 6.45) is 8.61. The van der Waals surface area contributed by atoms with Gasteiger partial charge in [0, 0.05) is 29.8 Å². The monoisotopic (exact) mass is 237 g/mol. The van der Waals surface area contributed by atoms with Crippen LogP contribution >= 0.6 is 0 Å². The lowest BCUT2D eigenvalue weighted by Crippen LogP contribution is -1.97. The van der Waals surface area contributed by atoms with Crippen LogP contribution in [-0.4, -0.2) is 19.7 Å². The van der Waals surface area contributed by atoms with E-state index >= 15 is 0 Å². The molecule has 18 heavy (non-hydrogen) atoms. The van der Waals surface area contributed by atoms with Crippen molar-refractivity contribution in [2.24, 2.45) is 0 Å². The molecule has 1 aromatic carbocycles. The van der Waals surface area contributed by atoms with E-state index < -0.39 is 0 Å². The van der Waals surface area contributed by atoms with E-state index in [1.807, 2.05) is 30.5 Å². The number of anilines is 1. The van der Waals surface area contributed by atoms with Crippen molar-refractivity contribution in [1.29, 1.82) is 0 Å². The average molecular weight is 237 g/mol. The highest BCUT2D eigenvalue weighted by molar-refractivity contribution is 5.66. The number of rotatable bonds is 2. The van der Waals surface area contributed by atoms with Crippen LogP contribution in [0.3, 0.4) is 0 Å². The largest absolute Gasteiger partial charge is 0.399 e. The molecule has 0 fully saturated rings. The molecule has 3 rings (SSSR count). The average Bonchev–Trinajstić information content (AvgIpc) is 2.89. The molecule has 5 nitrogen and oxygen atoms in total. The van der Waals surface area contributed by atoms with Gasteiger partial charge in [-0.3, -0.25) is 4.98 Å². The van der Waals surface area contributed by atoms with Gasteiger partial charge in [-0.25, -0.2) is 9.67 Å². The van der Waals surface area contributed by atoms with Crippen molar-refractivity contribution in [3.8, 4) is 16.9 Å². The van der Waals surface area contributed by atoms with Gasteiger partial charge in [-0.2, -0.15) is 5.10 Å². The Balaban J connectivity index is 2.00. The third-order valence-electron chi connectivity index (χ3n) is 2.59. The van der Waals surface area contributed by atoms with E-state index in [4.69, 9.17) is 5.73 Å². The number of hydrogen-bond donors (Lipinski definition) is 1. The van der Waals surface area contributed by atoms with Crippen LogP contribution in [0.2, 0.25) is 0 Å². The summed E-state index contributed by atoms with van der Waals surface area (Å²) in [6.45, 7) is 0. The highest BCUT2D eigenvalue weighted by Crippen LogP contribution is 2.21. The third-order valence-corrected chi connectivity index (χ3v) is 2.59. The Labute approximate surface area is 104 Å². The quantitative estimate of drug-likeness (QED) is 0.691. The first-order valence-electron chi connectivity index (χ1n) is 5.50. The fourth-order valence-electron chi connectivity index (χ4n) is 1.72. The Kier molecular flexibility index (Phi) is 2.49. The number of nitrogen functional groups attached to an aromatic ring is 1. The van der Waals surface area contributed by atoms with Crippen LogP contribution in [0.25, 0.3) is 16.9 Å². The van der Waals surface area contributed by atoms with Crippen molar-refractivity contribution in [3.63, 3.8) is 0 Å². The minimum absolute atomic E-state index is 0.688. The molecule has 0 saturated heterocycles. The Hall–Kier alpha value is -2.69. The molecule has 0 spiro atoms. The molecule has 0 aliphatic rings. The van der Waals surface area contributed by atoms with E-state index in [-0.39, 0.29) is 0 Å². The maximum Gasteiger partial charge on any atom is 0.171 e. The smallest absolute Gasteiger partial charge is 0.171 e. The number of nitrogens with two attached hydrogens (primary N) is 1. The lowest BCUT2D eigenvalue weighted by Gasteiger charge is -1.99. The number of nitrogens with zero attached hydrogens (tertiary/aromatic N) is 4. The van der Waals surface area contributed by atoms with Crippen molar-refractivity contribution in [2.45, 2.75) is 0 Å². The van der Waals surface area contributed by atoms with E-state index in [0.717, 1.165) is 16.8 Å². The van der Waals surface area contributed by atoms with Crippen LogP contribution in [0.1, 0.15) is 0 Å². The first-order valence-corrected chi connectivity index (χ1v) is 5.50. The molecule has 0 atom stereocenters. The SMILES string of the molecule is Nc1cccc(-c2cnn(-c3cnccn3)c2)c1. The minimum Gasteiger partial charge on any atom is -0.399 e. The van der Waals surface area contributed by atoms with Crippen molar-refractivity contribution in [1.82, 2.24) is 19.7 Å². The lowest BCUT2D eigenvalue weighted by atomic mass is 10.1. The molecule has 0 aliphatic carbocycles. The number of hydrogen-bond acceptors (Lipinski definition) is 4. The van der Waals surface area contributed by atoms with Gasteiger partial charge in [-0.15, -0.1) is 0 Å². The first-order chi connectivity index (χ1) is 8.83. The van der Waals surface area contributed by atoms with E-state index in [1.54, 1.807) is 29.5 Å². The molecule has 0 unspecified atom stereocenters. The van der Waals surface area contributed by atoms with Crippen LogP contribution in [0, 0.1) is 0 Å². The van der Waals surface area contributed by atoms with E-state index in [0.29, 0.717) is 5.82 Å². The zero-order chi connectivity index (χ0) is 12.4. The molecule has 2 N–H and O–H groups in total. The van der Waals surface area contributed by atoms with Gasteiger partial charge in [-0.1, -0.05) is 12.1 Å². The molecule has 0 aliphatic heterocycles. The normalized spacial score (nSPS) is 10.4. The van der Waals surface area contributed by atoms with Crippen molar-refractivity contribution in [3.05, 3.63) is 55.2 Å². The van der Waals surface area contributed by atoms with Gasteiger partial charge < -0.3 is 5.73 Å². The van der Waals surface area contributed by atoms with Crippen molar-refractivity contribution in [2.75, 3.05) is 5.73 Å². The zero-order valence-electron chi connectivity index (χ0n) is 9.56. The summed E-state index contributed by atoms with van der Waals surface area (Å²) in [6, 6.07) is 7.69. The van der Waals surface area contributed by atoms with E-state index in [2.05, 4.69) is 15.1 Å². The summed E-state index contributed by atoms with van der Waals surface area (Å²) < 4.78 is 1.69. The van der Waals surface area contributed by atoms with Gasteiger partial charge in [0.25, 0.3) is 0 Å². The number of benzene rings is 1. The molecular weight excluding hydrogens is 226 g/mol. The Bertz CT molecular complexity index is 660. The second-order valence-electron chi connectivity index (χ2n) is 3.86. The molecule has 5 heteroatoms. The lowest BCUT2D eigenvalue weighted by molar-refractivity contribution is 0.838. The van der Waals surface area contributed by atoms with Gasteiger partial charge >= 0.3 is 0 Å². The van der Waals surface area contributed by atoms with Gasteiger partial charge in [-0.05, 0) is 17.7 Å². The fourth-order valence-corrected chi connectivity index (χ4v) is 1.72. The highest BCUT2D eigenvalue weighted by atomic mass is 15.3. The molecule has 2 aromatic heterocycles. The Morgan fingerprint density at radius 3 is 2.78 bits per heavy atom. The highest BCUT2D eigenvalue weighted by Gasteiger charge is 2.04. The van der Waals surface area contributed by atoms with Gasteiger partial charge in [0.2, 0.25) is 0 Å². The summed E-state index contributed by atoms with van der Waals surface area (Å²) >= 11 is 0. The number of aromatic nitrogens is 4. The predicted octanol–water partition coefficient (Wildman–Crippen LogP) is 1.91. The van der Waals surface area contributed by atoms with Gasteiger partial charge in [0.05, 0.1) is 12.4 Å². The van der Waals surface area contributed by atoms with Crippen molar-refractivity contribution < 1.29 is 0 Å².